The Kier molecular flexibility index (Phi) is 6.02. The summed E-state index contributed by atoms with van der Waals surface area (Å²) in [6, 6.07) is 0. The van der Waals surface area contributed by atoms with Gasteiger partial charge in [-0.05, 0) is 6.42 Å². The maximum Gasteiger partial charge on any atom is 0.288 e. The Morgan fingerprint density at radius 3 is 1.71 bits per heavy atom. The quantitative estimate of drug-likeness (QED) is 0.656. The zero-order valence-electron chi connectivity index (χ0n) is 6.59. The van der Waals surface area contributed by atoms with Crippen LogP contribution in [0.2, 0.25) is 0 Å². The number of alkyl halides is 8. The highest BCUT2D eigenvalue weighted by Gasteiger charge is 2.49. The van der Waals surface area contributed by atoms with Crippen LogP contribution in [0.1, 0.15) is 6.42 Å². The predicted octanol–water partition coefficient (Wildman–Crippen LogP) is 4.77. The van der Waals surface area contributed by atoms with Crippen molar-refractivity contribution < 1.29 is 13.2 Å². The average molecular weight is 312 g/mol. The summed E-state index contributed by atoms with van der Waals surface area (Å²) in [6.07, 6.45) is -2.96. The summed E-state index contributed by atoms with van der Waals surface area (Å²) in [6.45, 7) is -0.969. The summed E-state index contributed by atoms with van der Waals surface area (Å²) in [5, 5.41) is 0. The topological polar surface area (TPSA) is 0 Å². The van der Waals surface area contributed by atoms with Crippen LogP contribution in [0.25, 0.3) is 0 Å². The van der Waals surface area contributed by atoms with E-state index in [-0.39, 0.29) is 0 Å². The van der Waals surface area contributed by atoms with Crippen molar-refractivity contribution in [1.82, 2.24) is 0 Å². The van der Waals surface area contributed by atoms with E-state index in [4.69, 9.17) is 58.0 Å². The van der Waals surface area contributed by atoms with Crippen molar-refractivity contribution in [2.75, 3.05) is 6.67 Å². The monoisotopic (exact) mass is 310 g/mol. The summed E-state index contributed by atoms with van der Waals surface area (Å²) >= 11 is 25.6. The summed E-state index contributed by atoms with van der Waals surface area (Å²) in [5.74, 6) is -1.54. The summed E-state index contributed by atoms with van der Waals surface area (Å²) in [7, 11) is 0. The molecule has 8 heteroatoms. The largest absolute Gasteiger partial charge is 0.288 e. The van der Waals surface area contributed by atoms with Crippen molar-refractivity contribution in [3.63, 3.8) is 0 Å². The lowest BCUT2D eigenvalue weighted by molar-refractivity contribution is 0.123. The normalized spacial score (nSPS) is 18.0. The molecule has 0 bridgehead atoms. The number of rotatable bonds is 4. The summed E-state index contributed by atoms with van der Waals surface area (Å²) in [5.41, 5.74) is 0. The molecule has 0 nitrogen and oxygen atoms in total. The van der Waals surface area contributed by atoms with E-state index in [1.165, 1.54) is 0 Å². The third kappa shape index (κ3) is 4.84. The lowest BCUT2D eigenvalue weighted by Gasteiger charge is -2.29. The Labute approximate surface area is 105 Å². The van der Waals surface area contributed by atoms with Gasteiger partial charge in [0.1, 0.15) is 0 Å². The van der Waals surface area contributed by atoms with Crippen LogP contribution in [0.3, 0.4) is 0 Å². The molecule has 0 fully saturated rings. The fourth-order valence-corrected chi connectivity index (χ4v) is 1.78. The molecule has 86 valence electrons. The van der Waals surface area contributed by atoms with Gasteiger partial charge in [0.2, 0.25) is 0 Å². The second-order valence-corrected chi connectivity index (χ2v) is 6.23. The molecule has 0 amide bonds. The van der Waals surface area contributed by atoms with E-state index >= 15 is 0 Å². The maximum atomic E-state index is 13.2. The highest BCUT2D eigenvalue weighted by molar-refractivity contribution is 6.67. The zero-order chi connectivity index (χ0) is 11.6. The number of hydrogen-bond donors (Lipinski definition) is 0. The molecule has 2 atom stereocenters. The van der Waals surface area contributed by atoms with Crippen molar-refractivity contribution in [2.45, 2.75) is 21.0 Å². The van der Waals surface area contributed by atoms with Gasteiger partial charge in [0.05, 0.1) is 6.67 Å². The molecule has 0 aliphatic heterocycles. The summed E-state index contributed by atoms with van der Waals surface area (Å²) < 4.78 is 32.5. The first-order chi connectivity index (χ1) is 6.10. The van der Waals surface area contributed by atoms with Crippen LogP contribution >= 0.6 is 58.0 Å². The van der Waals surface area contributed by atoms with Crippen LogP contribution in [-0.4, -0.2) is 21.2 Å². The molecule has 2 unspecified atom stereocenters. The van der Waals surface area contributed by atoms with Crippen molar-refractivity contribution >= 4 is 58.0 Å². The van der Waals surface area contributed by atoms with Crippen molar-refractivity contribution in [3.8, 4) is 0 Å². The Balaban J connectivity index is 4.67. The molecule has 0 radical (unpaired) electrons. The molecule has 0 saturated carbocycles. The van der Waals surface area contributed by atoms with Gasteiger partial charge in [0.15, 0.2) is 9.96 Å². The minimum absolute atomic E-state index is 0.483. The molecule has 0 heterocycles. The van der Waals surface area contributed by atoms with Crippen LogP contribution < -0.4 is 0 Å². The molecule has 0 aromatic rings. The van der Waals surface area contributed by atoms with Gasteiger partial charge in [-0.1, -0.05) is 58.0 Å². The van der Waals surface area contributed by atoms with Gasteiger partial charge in [-0.25, -0.2) is 8.78 Å². The lowest BCUT2D eigenvalue weighted by atomic mass is 10.0. The Hall–Kier alpha value is 1.24. The van der Waals surface area contributed by atoms with Crippen LogP contribution in [0, 0.1) is 5.92 Å². The minimum Gasteiger partial charge on any atom is -0.251 e. The van der Waals surface area contributed by atoms with Gasteiger partial charge in [-0.15, -0.1) is 0 Å². The molecular weight excluding hydrogens is 306 g/mol. The molecule has 0 saturated heterocycles. The van der Waals surface area contributed by atoms with Gasteiger partial charge in [-0.2, -0.15) is 0 Å². The fraction of sp³-hybridized carbons (Fsp3) is 1.00. The van der Waals surface area contributed by atoms with Crippen LogP contribution in [0.4, 0.5) is 13.2 Å². The molecule has 0 rings (SSSR count). The van der Waals surface area contributed by atoms with Gasteiger partial charge >= 0.3 is 0 Å². The SMILES string of the molecule is FCCC(C(F)C(F)(Cl)Cl)C(Cl)(Cl)Cl. The van der Waals surface area contributed by atoms with E-state index < -0.39 is 33.6 Å². The molecule has 0 aliphatic carbocycles. The third-order valence-electron chi connectivity index (χ3n) is 1.51. The average Bonchev–Trinajstić information content (AvgIpc) is 1.94. The van der Waals surface area contributed by atoms with Crippen LogP contribution in [0.15, 0.2) is 0 Å². The van der Waals surface area contributed by atoms with Crippen molar-refractivity contribution in [1.29, 1.82) is 0 Å². The molecule has 0 spiro atoms. The van der Waals surface area contributed by atoms with E-state index in [9.17, 15) is 13.2 Å². The molecular formula is C6H6Cl5F3. The Morgan fingerprint density at radius 2 is 1.50 bits per heavy atom. The van der Waals surface area contributed by atoms with E-state index in [1.807, 2.05) is 0 Å². The van der Waals surface area contributed by atoms with E-state index in [1.54, 1.807) is 0 Å². The standard InChI is InChI=1S/C6H6Cl5F3/c7-5(8,9)3(1-2-12)4(13)6(10,11)14/h3-4H,1-2H2. The van der Waals surface area contributed by atoms with E-state index in [0.29, 0.717) is 0 Å². The van der Waals surface area contributed by atoms with Gasteiger partial charge in [0.25, 0.3) is 4.59 Å². The second-order valence-electron chi connectivity index (χ2n) is 2.57. The zero-order valence-corrected chi connectivity index (χ0v) is 10.4. The molecule has 0 aliphatic rings. The first-order valence-corrected chi connectivity index (χ1v) is 5.33. The number of halogens is 8. The van der Waals surface area contributed by atoms with Crippen molar-refractivity contribution in [2.24, 2.45) is 5.92 Å². The third-order valence-corrected chi connectivity index (χ3v) is 2.76. The highest BCUT2D eigenvalue weighted by atomic mass is 35.6. The van der Waals surface area contributed by atoms with Crippen LogP contribution in [-0.2, 0) is 0 Å². The first-order valence-electron chi connectivity index (χ1n) is 3.44. The smallest absolute Gasteiger partial charge is 0.251 e. The van der Waals surface area contributed by atoms with Crippen LogP contribution in [0.5, 0.6) is 0 Å². The lowest BCUT2D eigenvalue weighted by Crippen LogP contribution is -2.38. The van der Waals surface area contributed by atoms with Gasteiger partial charge < -0.3 is 0 Å². The minimum atomic E-state index is -3.20. The predicted molar refractivity (Wildman–Crippen MR) is 54.8 cm³/mol. The molecule has 0 aromatic carbocycles. The Morgan fingerprint density at radius 1 is 1.07 bits per heavy atom. The molecule has 14 heavy (non-hydrogen) atoms. The number of hydrogen-bond acceptors (Lipinski definition) is 0. The first kappa shape index (κ1) is 15.2. The fourth-order valence-electron chi connectivity index (χ4n) is 0.822. The van der Waals surface area contributed by atoms with Gasteiger partial charge in [0, 0.05) is 5.92 Å². The molecule has 0 N–H and O–H groups in total. The van der Waals surface area contributed by atoms with E-state index in [2.05, 4.69) is 0 Å². The second kappa shape index (κ2) is 5.53. The van der Waals surface area contributed by atoms with Gasteiger partial charge in [-0.3, -0.25) is 4.39 Å². The van der Waals surface area contributed by atoms with E-state index in [0.717, 1.165) is 0 Å². The molecule has 0 aromatic heterocycles. The summed E-state index contributed by atoms with van der Waals surface area (Å²) in [4.78, 5) is 0. The maximum absolute atomic E-state index is 13.2. The van der Waals surface area contributed by atoms with Crippen molar-refractivity contribution in [3.05, 3.63) is 0 Å². The highest BCUT2D eigenvalue weighted by Crippen LogP contribution is 2.46. The Bertz CT molecular complexity index is 175.